The number of rotatable bonds is 6. The van der Waals surface area contributed by atoms with E-state index < -0.39 is 0 Å². The maximum atomic E-state index is 6.17. The highest BCUT2D eigenvalue weighted by Gasteiger charge is 2.12. The zero-order chi connectivity index (χ0) is 19.9. The molecule has 0 amide bonds. The van der Waals surface area contributed by atoms with Gasteiger partial charge in [0.25, 0.3) is 0 Å². The fourth-order valence-electron chi connectivity index (χ4n) is 2.63. The molecule has 0 aliphatic carbocycles. The zero-order valence-corrected chi connectivity index (χ0v) is 15.8. The standard InChI is InChI=1S/C19H19ClN6O2/c1-27-19-23-9-13(10-24-19)16-8-14(20)6-7-17(16)28-11-12-4-2-3-5-15(12)18(25-21)26-22/h2-10H,11,21-22H2,1H3,(H,25,26). The van der Waals surface area contributed by atoms with Gasteiger partial charge in [0, 0.05) is 39.7 Å². The van der Waals surface area contributed by atoms with Crippen molar-refractivity contribution < 1.29 is 9.47 Å². The second-order valence-electron chi connectivity index (χ2n) is 5.67. The number of halogens is 1. The van der Waals surface area contributed by atoms with Crippen LogP contribution in [0.2, 0.25) is 5.02 Å². The van der Waals surface area contributed by atoms with E-state index in [0.29, 0.717) is 16.6 Å². The Morgan fingerprint density at radius 1 is 1.18 bits per heavy atom. The Hall–Kier alpha value is -3.36. The van der Waals surface area contributed by atoms with Crippen molar-refractivity contribution in [2.75, 3.05) is 7.11 Å². The van der Waals surface area contributed by atoms with Crippen molar-refractivity contribution >= 4 is 17.4 Å². The van der Waals surface area contributed by atoms with Gasteiger partial charge in [-0.3, -0.25) is 0 Å². The van der Waals surface area contributed by atoms with Gasteiger partial charge in [-0.05, 0) is 18.2 Å². The molecule has 0 fully saturated rings. The molecule has 3 aromatic rings. The highest BCUT2D eigenvalue weighted by atomic mass is 35.5. The summed E-state index contributed by atoms with van der Waals surface area (Å²) in [6.45, 7) is 0.266. The van der Waals surface area contributed by atoms with Crippen molar-refractivity contribution in [3.05, 3.63) is 71.0 Å². The summed E-state index contributed by atoms with van der Waals surface area (Å²) in [5.41, 5.74) is 5.60. The molecule has 0 saturated carbocycles. The lowest BCUT2D eigenvalue weighted by Gasteiger charge is -2.15. The molecule has 144 valence electrons. The van der Waals surface area contributed by atoms with E-state index >= 15 is 0 Å². The molecular formula is C19H19ClN6O2. The van der Waals surface area contributed by atoms with Crippen LogP contribution in [0.25, 0.3) is 11.1 Å². The van der Waals surface area contributed by atoms with Crippen molar-refractivity contribution in [1.82, 2.24) is 15.4 Å². The Morgan fingerprint density at radius 3 is 2.61 bits per heavy atom. The predicted molar refractivity (Wildman–Crippen MR) is 108 cm³/mol. The minimum atomic E-state index is 0.266. The average molecular weight is 399 g/mol. The van der Waals surface area contributed by atoms with Crippen LogP contribution in [0.1, 0.15) is 11.1 Å². The van der Waals surface area contributed by atoms with Crippen LogP contribution in [0.3, 0.4) is 0 Å². The van der Waals surface area contributed by atoms with E-state index in [9.17, 15) is 0 Å². The normalized spacial score (nSPS) is 11.2. The lowest BCUT2D eigenvalue weighted by Crippen LogP contribution is -2.33. The maximum Gasteiger partial charge on any atom is 0.316 e. The molecule has 9 heteroatoms. The van der Waals surface area contributed by atoms with Gasteiger partial charge in [-0.2, -0.15) is 5.10 Å². The molecule has 0 atom stereocenters. The molecule has 3 rings (SSSR count). The van der Waals surface area contributed by atoms with Gasteiger partial charge in [-0.25, -0.2) is 15.8 Å². The molecule has 0 bridgehead atoms. The molecule has 5 N–H and O–H groups in total. The molecule has 0 aliphatic rings. The third kappa shape index (κ3) is 4.30. The third-order valence-electron chi connectivity index (χ3n) is 3.98. The quantitative estimate of drug-likeness (QED) is 0.252. The second-order valence-corrected chi connectivity index (χ2v) is 6.10. The number of methoxy groups -OCH3 is 1. The summed E-state index contributed by atoms with van der Waals surface area (Å²) in [4.78, 5) is 8.28. The first-order chi connectivity index (χ1) is 13.7. The van der Waals surface area contributed by atoms with Gasteiger partial charge < -0.3 is 20.7 Å². The minimum Gasteiger partial charge on any atom is -0.488 e. The summed E-state index contributed by atoms with van der Waals surface area (Å²) in [7, 11) is 1.51. The van der Waals surface area contributed by atoms with E-state index in [0.717, 1.165) is 22.3 Å². The Balaban J connectivity index is 1.90. The number of hydrogen-bond donors (Lipinski definition) is 3. The summed E-state index contributed by atoms with van der Waals surface area (Å²) in [6.07, 6.45) is 3.30. The lowest BCUT2D eigenvalue weighted by molar-refractivity contribution is 0.307. The summed E-state index contributed by atoms with van der Waals surface area (Å²) in [5, 5.41) is 4.24. The summed E-state index contributed by atoms with van der Waals surface area (Å²) < 4.78 is 11.1. The number of hydrogen-bond acceptors (Lipinski definition) is 7. The van der Waals surface area contributed by atoms with Crippen LogP contribution < -0.4 is 26.6 Å². The number of aromatic nitrogens is 2. The van der Waals surface area contributed by atoms with E-state index in [4.69, 9.17) is 32.8 Å². The average Bonchev–Trinajstić information content (AvgIpc) is 2.74. The fraction of sp³-hybridized carbons (Fsp3) is 0.105. The fourth-order valence-corrected chi connectivity index (χ4v) is 2.80. The molecule has 1 aromatic heterocycles. The van der Waals surface area contributed by atoms with Crippen molar-refractivity contribution in [3.63, 3.8) is 0 Å². The lowest BCUT2D eigenvalue weighted by atomic mass is 10.1. The number of nitrogens with zero attached hydrogens (tertiary/aromatic N) is 3. The van der Waals surface area contributed by atoms with Gasteiger partial charge in [0.05, 0.1) is 7.11 Å². The van der Waals surface area contributed by atoms with Crippen molar-refractivity contribution in [1.29, 1.82) is 0 Å². The molecule has 0 aliphatic heterocycles. The van der Waals surface area contributed by atoms with Crippen LogP contribution in [0.5, 0.6) is 11.8 Å². The molecule has 0 spiro atoms. The molecule has 8 nitrogen and oxygen atoms in total. The van der Waals surface area contributed by atoms with Gasteiger partial charge in [-0.15, -0.1) is 0 Å². The van der Waals surface area contributed by atoms with Gasteiger partial charge >= 0.3 is 6.01 Å². The van der Waals surface area contributed by atoms with Crippen LogP contribution in [0.4, 0.5) is 0 Å². The topological polar surface area (TPSA) is 121 Å². The molecule has 0 radical (unpaired) electrons. The SMILES string of the molecule is COc1ncc(-c2cc(Cl)ccc2OCc2ccccc2/C(=N/N)NN)cn1. The smallest absolute Gasteiger partial charge is 0.316 e. The molecule has 0 unspecified atom stereocenters. The highest BCUT2D eigenvalue weighted by Crippen LogP contribution is 2.33. The van der Waals surface area contributed by atoms with Crippen LogP contribution >= 0.6 is 11.6 Å². The largest absolute Gasteiger partial charge is 0.488 e. The monoisotopic (exact) mass is 398 g/mol. The molecule has 0 saturated heterocycles. The van der Waals surface area contributed by atoms with E-state index in [1.807, 2.05) is 24.3 Å². The molecule has 2 aromatic carbocycles. The van der Waals surface area contributed by atoms with Crippen LogP contribution in [-0.4, -0.2) is 22.9 Å². The van der Waals surface area contributed by atoms with Crippen LogP contribution in [-0.2, 0) is 6.61 Å². The van der Waals surface area contributed by atoms with E-state index in [2.05, 4.69) is 20.5 Å². The summed E-state index contributed by atoms with van der Waals surface area (Å²) in [6, 6.07) is 13.1. The number of hydrazine groups is 1. The Kier molecular flexibility index (Phi) is 6.25. The first-order valence-corrected chi connectivity index (χ1v) is 8.65. The number of hydrazone groups is 1. The Bertz CT molecular complexity index is 978. The number of nitrogens with two attached hydrogens (primary N) is 2. The number of benzene rings is 2. The highest BCUT2D eigenvalue weighted by molar-refractivity contribution is 6.31. The molecule has 28 heavy (non-hydrogen) atoms. The Morgan fingerprint density at radius 2 is 1.93 bits per heavy atom. The van der Waals surface area contributed by atoms with Crippen molar-refractivity contribution in [2.24, 2.45) is 16.8 Å². The number of ether oxygens (including phenoxy) is 2. The maximum absolute atomic E-state index is 6.17. The van der Waals surface area contributed by atoms with Crippen molar-refractivity contribution in [3.8, 4) is 22.9 Å². The van der Waals surface area contributed by atoms with Gasteiger partial charge in [0.15, 0.2) is 5.84 Å². The third-order valence-corrected chi connectivity index (χ3v) is 4.22. The summed E-state index contributed by atoms with van der Waals surface area (Å²) in [5.74, 6) is 11.9. The van der Waals surface area contributed by atoms with E-state index in [1.54, 1.807) is 30.6 Å². The van der Waals surface area contributed by atoms with Gasteiger partial charge in [0.2, 0.25) is 0 Å². The summed E-state index contributed by atoms with van der Waals surface area (Å²) >= 11 is 6.17. The van der Waals surface area contributed by atoms with Crippen LogP contribution in [0, 0.1) is 0 Å². The first-order valence-electron chi connectivity index (χ1n) is 8.27. The van der Waals surface area contributed by atoms with E-state index in [-0.39, 0.29) is 12.6 Å². The number of amidine groups is 1. The van der Waals surface area contributed by atoms with Crippen LogP contribution in [0.15, 0.2) is 60.0 Å². The van der Waals surface area contributed by atoms with Crippen molar-refractivity contribution in [2.45, 2.75) is 6.61 Å². The predicted octanol–water partition coefficient (Wildman–Crippen LogP) is 2.47. The Labute approximate surface area is 167 Å². The van der Waals surface area contributed by atoms with Gasteiger partial charge in [0.1, 0.15) is 12.4 Å². The zero-order valence-electron chi connectivity index (χ0n) is 15.1. The minimum absolute atomic E-state index is 0.266. The first kappa shape index (κ1) is 19.4. The van der Waals surface area contributed by atoms with Gasteiger partial charge in [-0.1, -0.05) is 35.9 Å². The second kappa shape index (κ2) is 9.03. The molecular weight excluding hydrogens is 380 g/mol. The number of nitrogens with one attached hydrogen (secondary N) is 1. The molecule has 1 heterocycles. The van der Waals surface area contributed by atoms with E-state index in [1.165, 1.54) is 7.11 Å².